The molecule has 1 saturated heterocycles. The van der Waals surface area contributed by atoms with Crippen molar-refractivity contribution in [2.24, 2.45) is 5.73 Å². The number of rotatable bonds is 9. The van der Waals surface area contributed by atoms with Crippen LogP contribution in [0, 0.1) is 20.8 Å². The summed E-state index contributed by atoms with van der Waals surface area (Å²) < 4.78 is 28.0. The Morgan fingerprint density at radius 3 is 2.48 bits per heavy atom. The number of nitrogens with one attached hydrogen (secondary N) is 2. The second kappa shape index (κ2) is 10.5. The lowest BCUT2D eigenvalue weighted by molar-refractivity contribution is -0.122. The molecule has 0 radical (unpaired) electrons. The molecule has 0 aromatic heterocycles. The Kier molecular flexibility index (Phi) is 7.88. The van der Waals surface area contributed by atoms with Gasteiger partial charge in [-0.2, -0.15) is 0 Å². The number of anilines is 1. The normalized spacial score (nSPS) is 16.6. The van der Waals surface area contributed by atoms with E-state index in [0.29, 0.717) is 23.4 Å². The quantitative estimate of drug-likeness (QED) is 0.517. The maximum atomic E-state index is 12.7. The monoisotopic (exact) mass is 472 g/mol. The van der Waals surface area contributed by atoms with Gasteiger partial charge in [-0.15, -0.1) is 0 Å². The molecule has 2 aromatic carbocycles. The third-order valence-electron chi connectivity index (χ3n) is 5.81. The van der Waals surface area contributed by atoms with E-state index < -0.39 is 10.0 Å². The molecule has 178 valence electrons. The predicted octanol–water partition coefficient (Wildman–Crippen LogP) is 2.37. The minimum Gasteiger partial charge on any atom is -0.368 e. The Morgan fingerprint density at radius 1 is 1.12 bits per heavy atom. The molecule has 8 nitrogen and oxygen atoms in total. The smallest absolute Gasteiger partial charge is 0.241 e. The van der Waals surface area contributed by atoms with Crippen LogP contribution in [0.2, 0.25) is 0 Å². The topological polar surface area (TPSA) is 122 Å². The number of benzene rings is 2. The van der Waals surface area contributed by atoms with Crippen LogP contribution in [0.25, 0.3) is 0 Å². The molecule has 1 aliphatic heterocycles. The van der Waals surface area contributed by atoms with E-state index in [9.17, 15) is 18.0 Å². The SMILES string of the molecule is Cc1cc(C)c(S(=O)(=O)NCCC(=O)Nc2cccc(CN3CCCC3C(N)=O)c2)c(C)c1. The van der Waals surface area contributed by atoms with E-state index in [-0.39, 0.29) is 35.7 Å². The highest BCUT2D eigenvalue weighted by Crippen LogP contribution is 2.22. The first-order valence-corrected chi connectivity index (χ1v) is 12.5. The summed E-state index contributed by atoms with van der Waals surface area (Å²) in [6.07, 6.45) is 1.70. The predicted molar refractivity (Wildman–Crippen MR) is 128 cm³/mol. The van der Waals surface area contributed by atoms with Crippen LogP contribution >= 0.6 is 0 Å². The Hall–Kier alpha value is -2.75. The zero-order valence-electron chi connectivity index (χ0n) is 19.3. The van der Waals surface area contributed by atoms with E-state index in [1.807, 2.05) is 42.2 Å². The molecule has 1 fully saturated rings. The van der Waals surface area contributed by atoms with E-state index in [4.69, 9.17) is 5.73 Å². The summed E-state index contributed by atoms with van der Waals surface area (Å²) in [6.45, 7) is 6.83. The highest BCUT2D eigenvalue weighted by molar-refractivity contribution is 7.89. The molecule has 1 unspecified atom stereocenters. The summed E-state index contributed by atoms with van der Waals surface area (Å²) >= 11 is 0. The van der Waals surface area contributed by atoms with Crippen molar-refractivity contribution in [2.45, 2.75) is 57.5 Å². The van der Waals surface area contributed by atoms with E-state index in [1.165, 1.54) is 0 Å². The van der Waals surface area contributed by atoms with Crippen LogP contribution in [0.15, 0.2) is 41.3 Å². The number of likely N-dealkylation sites (tertiary alicyclic amines) is 1. The first-order valence-electron chi connectivity index (χ1n) is 11.1. The minimum absolute atomic E-state index is 0.00326. The summed E-state index contributed by atoms with van der Waals surface area (Å²) in [5, 5.41) is 2.81. The molecule has 2 aromatic rings. The number of amides is 2. The van der Waals surface area contributed by atoms with Gasteiger partial charge in [0.25, 0.3) is 0 Å². The molecule has 3 rings (SSSR count). The molecule has 1 atom stereocenters. The Labute approximate surface area is 195 Å². The maximum absolute atomic E-state index is 12.7. The van der Waals surface area contributed by atoms with Crippen molar-refractivity contribution in [2.75, 3.05) is 18.4 Å². The molecule has 1 aliphatic rings. The van der Waals surface area contributed by atoms with Gasteiger partial charge in [0.05, 0.1) is 10.9 Å². The lowest BCUT2D eigenvalue weighted by Gasteiger charge is -2.22. The minimum atomic E-state index is -3.71. The van der Waals surface area contributed by atoms with Gasteiger partial charge in [0, 0.05) is 25.2 Å². The van der Waals surface area contributed by atoms with Gasteiger partial charge in [0.15, 0.2) is 0 Å². The van der Waals surface area contributed by atoms with E-state index in [1.54, 1.807) is 19.9 Å². The fraction of sp³-hybridized carbons (Fsp3) is 0.417. The van der Waals surface area contributed by atoms with Gasteiger partial charge in [-0.1, -0.05) is 29.8 Å². The van der Waals surface area contributed by atoms with E-state index >= 15 is 0 Å². The molecule has 0 aliphatic carbocycles. The summed E-state index contributed by atoms with van der Waals surface area (Å²) in [6, 6.07) is 10.8. The average molecular weight is 473 g/mol. The number of carbonyl (C=O) groups excluding carboxylic acids is 2. The lowest BCUT2D eigenvalue weighted by atomic mass is 10.1. The van der Waals surface area contributed by atoms with Gasteiger partial charge in [0.2, 0.25) is 21.8 Å². The van der Waals surface area contributed by atoms with Crippen molar-refractivity contribution in [3.63, 3.8) is 0 Å². The van der Waals surface area contributed by atoms with Gasteiger partial charge in [-0.25, -0.2) is 13.1 Å². The molecule has 0 saturated carbocycles. The Morgan fingerprint density at radius 2 is 1.82 bits per heavy atom. The van der Waals surface area contributed by atoms with Crippen LogP contribution < -0.4 is 15.8 Å². The molecule has 9 heteroatoms. The number of carbonyl (C=O) groups is 2. The number of nitrogens with two attached hydrogens (primary N) is 1. The standard InChI is InChI=1S/C24H32N4O4S/c1-16-12-17(2)23(18(3)13-16)33(31,32)26-10-9-22(29)27-20-7-4-6-19(14-20)15-28-11-5-8-21(28)24(25)30/h4,6-7,12-14,21,26H,5,8-11,15H2,1-3H3,(H2,25,30)(H,27,29). The van der Waals surface area contributed by atoms with Crippen LogP contribution in [-0.4, -0.2) is 44.3 Å². The Balaban J connectivity index is 1.55. The number of sulfonamides is 1. The largest absolute Gasteiger partial charge is 0.368 e. The number of primary amides is 1. The van der Waals surface area contributed by atoms with Crippen LogP contribution in [0.5, 0.6) is 0 Å². The molecular weight excluding hydrogens is 440 g/mol. The summed E-state index contributed by atoms with van der Waals surface area (Å²) in [5.74, 6) is -0.598. The van der Waals surface area contributed by atoms with Gasteiger partial charge in [-0.05, 0) is 69.0 Å². The van der Waals surface area contributed by atoms with Crippen LogP contribution in [0.1, 0.15) is 41.5 Å². The summed E-state index contributed by atoms with van der Waals surface area (Å²) in [4.78, 5) is 26.3. The number of nitrogens with zero attached hydrogens (tertiary/aromatic N) is 1. The van der Waals surface area contributed by atoms with E-state index in [2.05, 4.69) is 10.0 Å². The molecule has 0 bridgehead atoms. The average Bonchev–Trinajstić information content (AvgIpc) is 3.15. The zero-order chi connectivity index (χ0) is 24.2. The van der Waals surface area contributed by atoms with Crippen molar-refractivity contribution < 1.29 is 18.0 Å². The van der Waals surface area contributed by atoms with Gasteiger partial charge < -0.3 is 11.1 Å². The first kappa shape index (κ1) is 24.9. The molecule has 4 N–H and O–H groups in total. The number of hydrogen-bond donors (Lipinski definition) is 3. The number of aryl methyl sites for hydroxylation is 3. The third kappa shape index (κ3) is 6.40. The number of hydrogen-bond acceptors (Lipinski definition) is 5. The summed E-state index contributed by atoms with van der Waals surface area (Å²) in [5.41, 5.74) is 9.44. The van der Waals surface area contributed by atoms with Crippen molar-refractivity contribution >= 4 is 27.5 Å². The van der Waals surface area contributed by atoms with Crippen LogP contribution in [-0.2, 0) is 26.2 Å². The lowest BCUT2D eigenvalue weighted by Crippen LogP contribution is -2.39. The van der Waals surface area contributed by atoms with Crippen molar-refractivity contribution in [3.8, 4) is 0 Å². The second-order valence-electron chi connectivity index (χ2n) is 8.66. The zero-order valence-corrected chi connectivity index (χ0v) is 20.2. The van der Waals surface area contributed by atoms with Crippen molar-refractivity contribution in [1.29, 1.82) is 0 Å². The third-order valence-corrected chi connectivity index (χ3v) is 7.57. The molecule has 33 heavy (non-hydrogen) atoms. The van der Waals surface area contributed by atoms with Gasteiger partial charge in [-0.3, -0.25) is 14.5 Å². The van der Waals surface area contributed by atoms with Crippen LogP contribution in [0.3, 0.4) is 0 Å². The van der Waals surface area contributed by atoms with Gasteiger partial charge in [0.1, 0.15) is 0 Å². The molecule has 0 spiro atoms. The highest BCUT2D eigenvalue weighted by atomic mass is 32.2. The van der Waals surface area contributed by atoms with Crippen LogP contribution in [0.4, 0.5) is 5.69 Å². The molecule has 2 amide bonds. The van der Waals surface area contributed by atoms with Crippen molar-refractivity contribution in [1.82, 2.24) is 9.62 Å². The maximum Gasteiger partial charge on any atom is 0.241 e. The molecular formula is C24H32N4O4S. The fourth-order valence-electron chi connectivity index (χ4n) is 4.50. The van der Waals surface area contributed by atoms with Crippen molar-refractivity contribution in [3.05, 3.63) is 58.7 Å². The Bertz CT molecular complexity index is 1120. The second-order valence-corrected chi connectivity index (χ2v) is 10.4. The first-order chi connectivity index (χ1) is 15.6. The van der Waals surface area contributed by atoms with Gasteiger partial charge >= 0.3 is 0 Å². The summed E-state index contributed by atoms with van der Waals surface area (Å²) in [7, 11) is -3.71. The molecule has 1 heterocycles. The van der Waals surface area contributed by atoms with E-state index in [0.717, 1.165) is 30.5 Å². The fourth-order valence-corrected chi connectivity index (χ4v) is 5.99. The highest BCUT2D eigenvalue weighted by Gasteiger charge is 2.28.